The van der Waals surface area contributed by atoms with Gasteiger partial charge in [0.15, 0.2) is 11.5 Å². The van der Waals surface area contributed by atoms with Crippen LogP contribution in [0.2, 0.25) is 0 Å². The molecular weight excluding hydrogens is 439 g/mol. The summed E-state index contributed by atoms with van der Waals surface area (Å²) >= 11 is 0. The van der Waals surface area contributed by atoms with E-state index in [1.54, 1.807) is 30.3 Å². The van der Waals surface area contributed by atoms with E-state index in [9.17, 15) is 18.0 Å². The molecule has 168 valence electrons. The number of benzene rings is 2. The second kappa shape index (κ2) is 6.53. The molecule has 33 heavy (non-hydrogen) atoms. The Balaban J connectivity index is 1.49. The highest BCUT2D eigenvalue weighted by atomic mass is 19.4. The van der Waals surface area contributed by atoms with Crippen LogP contribution in [-0.2, 0) is 22.9 Å². The third kappa shape index (κ3) is 2.76. The molecule has 2 aromatic carbocycles. The number of carbonyl (C=O) groups is 1. The van der Waals surface area contributed by atoms with Gasteiger partial charge in [0, 0.05) is 23.7 Å². The lowest BCUT2D eigenvalue weighted by atomic mass is 9.70. The molecule has 0 fully saturated rings. The average molecular weight is 455 g/mol. The number of hydrogen-bond acceptors (Lipinski definition) is 6. The molecule has 0 radical (unpaired) electrons. The molecule has 0 saturated heterocycles. The van der Waals surface area contributed by atoms with Crippen molar-refractivity contribution in [2.45, 2.75) is 24.6 Å². The van der Waals surface area contributed by atoms with E-state index >= 15 is 0 Å². The van der Waals surface area contributed by atoms with Crippen molar-refractivity contribution in [3.63, 3.8) is 0 Å². The predicted molar refractivity (Wildman–Crippen MR) is 111 cm³/mol. The number of alkyl halides is 3. The van der Waals surface area contributed by atoms with Crippen LogP contribution in [0.1, 0.15) is 29.1 Å². The first-order valence-corrected chi connectivity index (χ1v) is 10.1. The number of nitrogens with two attached hydrogens (primary N) is 1. The van der Waals surface area contributed by atoms with E-state index in [1.165, 1.54) is 11.0 Å². The molecule has 1 amide bonds. The smallest absolute Gasteiger partial charge is 0.449 e. The van der Waals surface area contributed by atoms with Crippen LogP contribution in [-0.4, -0.2) is 18.5 Å². The number of carbonyl (C=O) groups excluding carboxylic acids is 1. The minimum absolute atomic E-state index is 0.0193. The maximum atomic E-state index is 14.0. The number of aliphatic imine (C=N–C) groups is 1. The highest BCUT2D eigenvalue weighted by Crippen LogP contribution is 2.55. The SMILES string of the molecule is NC1=Nc2cc3c(cc2C2(C1)C(=O)N(Cc1ccc(C(F)(F)F)o1)c1ccccc12)OCO3. The Morgan fingerprint density at radius 2 is 1.82 bits per heavy atom. The van der Waals surface area contributed by atoms with Gasteiger partial charge in [0.1, 0.15) is 17.0 Å². The maximum absolute atomic E-state index is 14.0. The fraction of sp³-hybridized carbons (Fsp3) is 0.217. The van der Waals surface area contributed by atoms with Crippen LogP contribution in [0.15, 0.2) is 57.9 Å². The van der Waals surface area contributed by atoms with Crippen LogP contribution in [0.4, 0.5) is 24.5 Å². The number of anilines is 1. The van der Waals surface area contributed by atoms with Crippen molar-refractivity contribution in [2.24, 2.45) is 10.7 Å². The van der Waals surface area contributed by atoms with Gasteiger partial charge in [-0.05, 0) is 29.8 Å². The molecule has 1 atom stereocenters. The lowest BCUT2D eigenvalue weighted by Crippen LogP contribution is -2.45. The van der Waals surface area contributed by atoms with E-state index in [2.05, 4.69) is 4.99 Å². The Morgan fingerprint density at radius 3 is 2.58 bits per heavy atom. The van der Waals surface area contributed by atoms with Crippen molar-refractivity contribution in [1.82, 2.24) is 0 Å². The van der Waals surface area contributed by atoms with Crippen molar-refractivity contribution < 1.29 is 31.9 Å². The number of rotatable bonds is 2. The Kier molecular flexibility index (Phi) is 3.90. The molecule has 6 rings (SSSR count). The number of nitrogens with zero attached hydrogens (tertiary/aromatic N) is 2. The number of amidine groups is 1. The molecule has 1 unspecified atom stereocenters. The molecule has 1 spiro atoms. The molecule has 0 aliphatic carbocycles. The summed E-state index contributed by atoms with van der Waals surface area (Å²) in [7, 11) is 0. The van der Waals surface area contributed by atoms with Gasteiger partial charge < -0.3 is 24.5 Å². The predicted octanol–water partition coefficient (Wildman–Crippen LogP) is 4.25. The summed E-state index contributed by atoms with van der Waals surface area (Å²) in [5, 5.41) is 0. The first-order chi connectivity index (χ1) is 15.8. The number of hydrogen-bond donors (Lipinski definition) is 1. The Labute approximate surface area is 185 Å². The standard InChI is InChI=1S/C23H16F3N3O4/c24-23(25,26)19-6-5-12(33-19)10-29-16-4-2-1-3-13(16)22(21(29)30)9-20(27)28-15-8-18-17(7-14(15)22)31-11-32-18/h1-8H,9-11H2,(H2,27,28). The highest BCUT2D eigenvalue weighted by Gasteiger charge is 2.55. The fourth-order valence-electron chi connectivity index (χ4n) is 4.81. The highest BCUT2D eigenvalue weighted by molar-refractivity contribution is 6.14. The molecule has 1 aromatic heterocycles. The van der Waals surface area contributed by atoms with Gasteiger partial charge in [-0.3, -0.25) is 4.79 Å². The molecule has 0 bridgehead atoms. The van der Waals surface area contributed by atoms with Gasteiger partial charge in [-0.25, -0.2) is 4.99 Å². The van der Waals surface area contributed by atoms with Gasteiger partial charge in [0.2, 0.25) is 18.5 Å². The average Bonchev–Trinajstić information content (AvgIpc) is 3.48. The summed E-state index contributed by atoms with van der Waals surface area (Å²) in [6.45, 7) is -0.105. The van der Waals surface area contributed by atoms with Crippen LogP contribution in [0.25, 0.3) is 0 Å². The third-order valence-electron chi connectivity index (χ3n) is 6.18. The zero-order valence-electron chi connectivity index (χ0n) is 17.0. The second-order valence-electron chi connectivity index (χ2n) is 8.08. The van der Waals surface area contributed by atoms with E-state index in [0.29, 0.717) is 34.0 Å². The molecule has 7 nitrogen and oxygen atoms in total. The summed E-state index contributed by atoms with van der Waals surface area (Å²) in [6, 6.07) is 12.7. The lowest BCUT2D eigenvalue weighted by Gasteiger charge is -2.33. The number of ether oxygens (including phenoxy) is 2. The Morgan fingerprint density at radius 1 is 1.06 bits per heavy atom. The van der Waals surface area contributed by atoms with Crippen LogP contribution in [0.5, 0.6) is 11.5 Å². The minimum atomic E-state index is -4.61. The van der Waals surface area contributed by atoms with E-state index in [0.717, 1.165) is 6.07 Å². The van der Waals surface area contributed by atoms with Crippen molar-refractivity contribution in [1.29, 1.82) is 0 Å². The Bertz CT molecular complexity index is 1350. The van der Waals surface area contributed by atoms with Crippen LogP contribution in [0.3, 0.4) is 0 Å². The first kappa shape index (κ1) is 19.7. The van der Waals surface area contributed by atoms with Gasteiger partial charge in [-0.1, -0.05) is 18.2 Å². The van der Waals surface area contributed by atoms with Crippen molar-refractivity contribution in [3.8, 4) is 11.5 Å². The molecule has 0 saturated carbocycles. The Hall–Kier alpha value is -3.95. The second-order valence-corrected chi connectivity index (χ2v) is 8.08. The fourth-order valence-corrected chi connectivity index (χ4v) is 4.81. The van der Waals surface area contributed by atoms with Crippen LogP contribution < -0.4 is 20.1 Å². The molecule has 4 heterocycles. The summed E-state index contributed by atoms with van der Waals surface area (Å²) in [5.41, 5.74) is 7.35. The molecule has 3 aromatic rings. The van der Waals surface area contributed by atoms with Crippen LogP contribution in [0, 0.1) is 0 Å². The van der Waals surface area contributed by atoms with Gasteiger partial charge in [-0.2, -0.15) is 13.2 Å². The third-order valence-corrected chi connectivity index (χ3v) is 6.18. The molecule has 3 aliphatic rings. The number of amides is 1. The molecule has 3 aliphatic heterocycles. The van der Waals surface area contributed by atoms with E-state index in [1.807, 2.05) is 6.07 Å². The maximum Gasteiger partial charge on any atom is 0.449 e. The topological polar surface area (TPSA) is 90.3 Å². The first-order valence-electron chi connectivity index (χ1n) is 10.1. The van der Waals surface area contributed by atoms with Crippen molar-refractivity contribution in [3.05, 3.63) is 71.2 Å². The zero-order valence-corrected chi connectivity index (χ0v) is 17.0. The number of para-hydroxylation sites is 1. The zero-order chi connectivity index (χ0) is 23.0. The normalized spacial score (nSPS) is 20.8. The molecular formula is C23H16F3N3O4. The number of halogens is 3. The summed E-state index contributed by atoms with van der Waals surface area (Å²) in [6.07, 6.45) is -4.49. The number of fused-ring (bicyclic) bond motifs is 5. The van der Waals surface area contributed by atoms with Crippen molar-refractivity contribution in [2.75, 3.05) is 11.7 Å². The largest absolute Gasteiger partial charge is 0.455 e. The monoisotopic (exact) mass is 455 g/mol. The van der Waals surface area contributed by atoms with Gasteiger partial charge in [0.25, 0.3) is 0 Å². The van der Waals surface area contributed by atoms with Crippen molar-refractivity contribution >= 4 is 23.1 Å². The quantitative estimate of drug-likeness (QED) is 0.624. The number of furan rings is 1. The van der Waals surface area contributed by atoms with E-state index in [-0.39, 0.29) is 37.3 Å². The van der Waals surface area contributed by atoms with E-state index < -0.39 is 17.4 Å². The summed E-state index contributed by atoms with van der Waals surface area (Å²) in [5.74, 6) is -0.151. The molecule has 2 N–H and O–H groups in total. The summed E-state index contributed by atoms with van der Waals surface area (Å²) < 4.78 is 55.0. The molecule has 10 heteroatoms. The van der Waals surface area contributed by atoms with Gasteiger partial charge in [0.05, 0.1) is 12.2 Å². The van der Waals surface area contributed by atoms with Gasteiger partial charge in [-0.15, -0.1) is 0 Å². The summed E-state index contributed by atoms with van der Waals surface area (Å²) in [4.78, 5) is 19.9. The van der Waals surface area contributed by atoms with Gasteiger partial charge >= 0.3 is 6.18 Å². The lowest BCUT2D eigenvalue weighted by molar-refractivity contribution is -0.153. The van der Waals surface area contributed by atoms with E-state index in [4.69, 9.17) is 19.6 Å². The minimum Gasteiger partial charge on any atom is -0.455 e. The van der Waals surface area contributed by atoms with Crippen LogP contribution >= 0.6 is 0 Å².